The Morgan fingerprint density at radius 2 is 1.45 bits per heavy atom. The number of hydrogen-bond acceptors (Lipinski definition) is 5. The number of nitrogens with one attached hydrogen (secondary N) is 1. The number of amides is 3. The molecule has 0 bridgehead atoms. The van der Waals surface area contributed by atoms with Crippen molar-refractivity contribution in [3.8, 4) is 0 Å². The average molecular weight is 464 g/mol. The fourth-order valence-corrected chi connectivity index (χ4v) is 4.97. The molecule has 0 aliphatic carbocycles. The molecule has 2 aromatic rings. The first-order chi connectivity index (χ1) is 14.7. The number of nitrogens with zero attached hydrogens (tertiary/aromatic N) is 2. The van der Waals surface area contributed by atoms with Gasteiger partial charge in [0, 0.05) is 33.1 Å². The number of halogens is 1. The molecule has 3 amide bonds. The number of carbonyl (C=O) groups is 3. The van der Waals surface area contributed by atoms with Gasteiger partial charge in [0.1, 0.15) is 0 Å². The molecule has 1 saturated heterocycles. The van der Waals surface area contributed by atoms with Crippen LogP contribution in [0.4, 0.5) is 0 Å². The molecule has 1 aliphatic rings. The summed E-state index contributed by atoms with van der Waals surface area (Å²) >= 11 is 6.06. The minimum Gasteiger partial charge on any atom is -0.339 e. The summed E-state index contributed by atoms with van der Waals surface area (Å²) in [7, 11) is -4.24. The van der Waals surface area contributed by atoms with Gasteiger partial charge in [0.05, 0.1) is 15.5 Å². The molecule has 1 N–H and O–H groups in total. The predicted molar refractivity (Wildman–Crippen MR) is 115 cm³/mol. The fraction of sp³-hybridized carbons (Fsp3) is 0.286. The van der Waals surface area contributed by atoms with Crippen molar-refractivity contribution in [1.82, 2.24) is 15.1 Å². The van der Waals surface area contributed by atoms with E-state index in [-0.39, 0.29) is 47.6 Å². The minimum atomic E-state index is -4.24. The van der Waals surface area contributed by atoms with Crippen LogP contribution < -0.4 is 5.32 Å². The lowest BCUT2D eigenvalue weighted by molar-refractivity contribution is -0.138. The number of carbonyl (C=O) groups excluding carboxylic acids is 3. The molecule has 31 heavy (non-hydrogen) atoms. The molecule has 0 aromatic heterocycles. The lowest BCUT2D eigenvalue weighted by Crippen LogP contribution is -2.57. The van der Waals surface area contributed by atoms with Crippen molar-refractivity contribution in [3.63, 3.8) is 0 Å². The van der Waals surface area contributed by atoms with Crippen LogP contribution in [-0.2, 0) is 19.4 Å². The van der Waals surface area contributed by atoms with Gasteiger partial charge in [0.2, 0.25) is 21.1 Å². The molecular formula is C21H22ClN3O5S. The maximum absolute atomic E-state index is 13.3. The molecule has 3 rings (SSSR count). The van der Waals surface area contributed by atoms with Gasteiger partial charge in [-0.1, -0.05) is 41.9 Å². The maximum atomic E-state index is 13.3. The second-order valence-corrected chi connectivity index (χ2v) is 9.46. The van der Waals surface area contributed by atoms with E-state index < -0.39 is 27.0 Å². The van der Waals surface area contributed by atoms with Gasteiger partial charge in [0.25, 0.3) is 11.8 Å². The summed E-state index contributed by atoms with van der Waals surface area (Å²) < 4.78 is 26.6. The molecular weight excluding hydrogens is 442 g/mol. The zero-order chi connectivity index (χ0) is 22.6. The summed E-state index contributed by atoms with van der Waals surface area (Å²) in [5.74, 6) is -1.65. The number of benzene rings is 2. The molecule has 0 saturated carbocycles. The summed E-state index contributed by atoms with van der Waals surface area (Å²) in [6, 6.07) is 13.6. The highest BCUT2D eigenvalue weighted by molar-refractivity contribution is 7.92. The van der Waals surface area contributed by atoms with Crippen LogP contribution in [0.25, 0.3) is 0 Å². The molecule has 1 heterocycles. The molecule has 0 spiro atoms. The Morgan fingerprint density at radius 1 is 0.903 bits per heavy atom. The largest absolute Gasteiger partial charge is 0.339 e. The SMILES string of the molecule is CC(=O)N1CCN(C(=O)C(NC(=O)c2ccccc2Cl)S(=O)(=O)c2ccccc2)CC1. The van der Waals surface area contributed by atoms with Crippen LogP contribution in [0.2, 0.25) is 5.02 Å². The number of rotatable bonds is 5. The molecule has 10 heteroatoms. The molecule has 1 aliphatic heterocycles. The third-order valence-corrected chi connectivity index (χ3v) is 7.22. The van der Waals surface area contributed by atoms with Crippen molar-refractivity contribution in [2.75, 3.05) is 26.2 Å². The van der Waals surface area contributed by atoms with Crippen LogP contribution in [0.1, 0.15) is 17.3 Å². The maximum Gasteiger partial charge on any atom is 0.261 e. The Morgan fingerprint density at radius 3 is 2.03 bits per heavy atom. The Hall–Kier alpha value is -2.91. The zero-order valence-electron chi connectivity index (χ0n) is 16.8. The van der Waals surface area contributed by atoms with Gasteiger partial charge in [0.15, 0.2) is 0 Å². The predicted octanol–water partition coefficient (Wildman–Crippen LogP) is 1.56. The Balaban J connectivity index is 1.91. The van der Waals surface area contributed by atoms with E-state index in [1.807, 2.05) is 0 Å². The topological polar surface area (TPSA) is 104 Å². The van der Waals surface area contributed by atoms with Crippen LogP contribution in [0, 0.1) is 0 Å². The van der Waals surface area contributed by atoms with Crippen molar-refractivity contribution in [2.45, 2.75) is 17.2 Å². The Bertz CT molecular complexity index is 1080. The van der Waals surface area contributed by atoms with Crippen LogP contribution in [0.3, 0.4) is 0 Å². The monoisotopic (exact) mass is 463 g/mol. The minimum absolute atomic E-state index is 0.0617. The number of sulfone groups is 1. The van der Waals surface area contributed by atoms with E-state index in [0.29, 0.717) is 0 Å². The van der Waals surface area contributed by atoms with Crippen LogP contribution in [-0.4, -0.2) is 67.5 Å². The van der Waals surface area contributed by atoms with E-state index in [4.69, 9.17) is 11.6 Å². The van der Waals surface area contributed by atoms with Gasteiger partial charge < -0.3 is 15.1 Å². The van der Waals surface area contributed by atoms with Gasteiger partial charge in [-0.2, -0.15) is 0 Å². The van der Waals surface area contributed by atoms with E-state index in [2.05, 4.69) is 5.32 Å². The highest BCUT2D eigenvalue weighted by Crippen LogP contribution is 2.20. The molecule has 0 radical (unpaired) electrons. The number of piperazine rings is 1. The van der Waals surface area contributed by atoms with Crippen molar-refractivity contribution in [1.29, 1.82) is 0 Å². The first-order valence-electron chi connectivity index (χ1n) is 9.60. The standard InChI is InChI=1S/C21H22ClN3O5S/c1-15(26)24-11-13-25(14-12-24)21(28)20(31(29,30)16-7-3-2-4-8-16)23-19(27)17-9-5-6-10-18(17)22/h2-10,20H,11-14H2,1H3,(H,23,27). The Labute approximate surface area is 185 Å². The zero-order valence-corrected chi connectivity index (χ0v) is 18.4. The van der Waals surface area contributed by atoms with E-state index >= 15 is 0 Å². The van der Waals surface area contributed by atoms with Crippen LogP contribution in [0.5, 0.6) is 0 Å². The second-order valence-electron chi connectivity index (χ2n) is 7.02. The normalized spacial score (nSPS) is 15.3. The summed E-state index contributed by atoms with van der Waals surface area (Å²) in [5, 5.41) is 0.667. The lowest BCUT2D eigenvalue weighted by atomic mass is 10.2. The highest BCUT2D eigenvalue weighted by Gasteiger charge is 2.39. The van der Waals surface area contributed by atoms with E-state index in [1.54, 1.807) is 23.1 Å². The van der Waals surface area contributed by atoms with Gasteiger partial charge in [-0.3, -0.25) is 14.4 Å². The van der Waals surface area contributed by atoms with Gasteiger partial charge in [-0.15, -0.1) is 0 Å². The Kier molecular flexibility index (Phi) is 6.97. The number of hydrogen-bond donors (Lipinski definition) is 1. The third kappa shape index (κ3) is 5.05. The van der Waals surface area contributed by atoms with Crippen molar-refractivity contribution in [2.24, 2.45) is 0 Å². The van der Waals surface area contributed by atoms with Gasteiger partial charge in [-0.25, -0.2) is 8.42 Å². The van der Waals surface area contributed by atoms with Gasteiger partial charge >= 0.3 is 0 Å². The van der Waals surface area contributed by atoms with Crippen molar-refractivity contribution >= 4 is 39.2 Å². The summed E-state index contributed by atoms with van der Waals surface area (Å²) in [6.07, 6.45) is 0. The smallest absolute Gasteiger partial charge is 0.261 e. The van der Waals surface area contributed by atoms with Crippen molar-refractivity contribution in [3.05, 3.63) is 65.2 Å². The van der Waals surface area contributed by atoms with Crippen LogP contribution >= 0.6 is 11.6 Å². The summed E-state index contributed by atoms with van der Waals surface area (Å²) in [6.45, 7) is 2.35. The molecule has 2 aromatic carbocycles. The third-order valence-electron chi connectivity index (χ3n) is 5.02. The molecule has 1 fully saturated rings. The first kappa shape index (κ1) is 22.8. The van der Waals surface area contributed by atoms with E-state index in [0.717, 1.165) is 0 Å². The second kappa shape index (κ2) is 9.49. The quantitative estimate of drug-likeness (QED) is 0.724. The van der Waals surface area contributed by atoms with E-state index in [9.17, 15) is 22.8 Å². The first-order valence-corrected chi connectivity index (χ1v) is 11.5. The summed E-state index contributed by atoms with van der Waals surface area (Å²) in [5.41, 5.74) is 0.0617. The highest BCUT2D eigenvalue weighted by atomic mass is 35.5. The molecule has 1 unspecified atom stereocenters. The van der Waals surface area contributed by atoms with Crippen molar-refractivity contribution < 1.29 is 22.8 Å². The van der Waals surface area contributed by atoms with Crippen LogP contribution in [0.15, 0.2) is 59.5 Å². The average Bonchev–Trinajstić information content (AvgIpc) is 2.77. The fourth-order valence-electron chi connectivity index (χ4n) is 3.27. The molecule has 1 atom stereocenters. The lowest BCUT2D eigenvalue weighted by Gasteiger charge is -2.36. The molecule has 164 valence electrons. The summed E-state index contributed by atoms with van der Waals surface area (Å²) in [4.78, 5) is 40.4. The van der Waals surface area contributed by atoms with Gasteiger partial charge in [-0.05, 0) is 24.3 Å². The van der Waals surface area contributed by atoms with E-state index in [1.165, 1.54) is 48.2 Å². The molecule has 8 nitrogen and oxygen atoms in total.